The van der Waals surface area contributed by atoms with Crippen molar-refractivity contribution in [1.82, 2.24) is 4.98 Å². The van der Waals surface area contributed by atoms with Crippen LogP contribution in [0.3, 0.4) is 0 Å². The van der Waals surface area contributed by atoms with E-state index in [1.807, 2.05) is 12.1 Å². The molecule has 0 aliphatic heterocycles. The molecule has 4 fully saturated rings. The van der Waals surface area contributed by atoms with Crippen LogP contribution in [0.5, 0.6) is 0 Å². The van der Waals surface area contributed by atoms with Crippen LogP contribution >= 0.6 is 0 Å². The summed E-state index contributed by atoms with van der Waals surface area (Å²) in [7, 11) is 0. The van der Waals surface area contributed by atoms with Gasteiger partial charge in [-0.25, -0.2) is 4.98 Å². The second kappa shape index (κ2) is 12.5. The SMILES string of the molecule is Cc1cc(-c2ccc(C#N)cc2)c2c(c1)-c1cc(-c3ccc(-c4cc(-c5ccccc5)nc(-c5ccccc5)c4)cc3)ccc1C21C2CC3CC(C2)CC1C3. The highest BCUT2D eigenvalue weighted by atomic mass is 14.7. The molecule has 2 heteroatoms. The van der Waals surface area contributed by atoms with Crippen LogP contribution in [0, 0.1) is 41.9 Å². The molecule has 7 aromatic rings. The van der Waals surface area contributed by atoms with Crippen molar-refractivity contribution >= 4 is 0 Å². The number of fused-ring (bicyclic) bond motifs is 3. The molecule has 0 N–H and O–H groups in total. The van der Waals surface area contributed by atoms with Gasteiger partial charge in [-0.1, -0.05) is 121 Å². The van der Waals surface area contributed by atoms with Crippen molar-refractivity contribution in [3.05, 3.63) is 174 Å². The van der Waals surface area contributed by atoms with E-state index in [4.69, 9.17) is 4.98 Å². The second-order valence-electron chi connectivity index (χ2n) is 16.8. The lowest BCUT2D eigenvalue weighted by molar-refractivity contribution is -0.0397. The van der Waals surface area contributed by atoms with Crippen molar-refractivity contribution in [1.29, 1.82) is 5.26 Å². The van der Waals surface area contributed by atoms with Crippen LogP contribution in [0.15, 0.2) is 152 Å². The average Bonchev–Trinajstić information content (AvgIpc) is 3.52. The molecule has 55 heavy (non-hydrogen) atoms. The van der Waals surface area contributed by atoms with E-state index in [0.717, 1.165) is 39.9 Å². The molecular formula is C53H42N2. The molecule has 0 atom stereocenters. The van der Waals surface area contributed by atoms with E-state index < -0.39 is 0 Å². The highest BCUT2D eigenvalue weighted by Crippen LogP contribution is 2.70. The molecule has 0 radical (unpaired) electrons. The van der Waals surface area contributed by atoms with E-state index in [1.54, 1.807) is 11.1 Å². The molecule has 12 rings (SSSR count). The van der Waals surface area contributed by atoms with E-state index in [2.05, 4.69) is 153 Å². The monoisotopic (exact) mass is 706 g/mol. The van der Waals surface area contributed by atoms with E-state index in [1.165, 1.54) is 76.6 Å². The molecule has 6 aromatic carbocycles. The van der Waals surface area contributed by atoms with Gasteiger partial charge in [0.1, 0.15) is 0 Å². The van der Waals surface area contributed by atoms with E-state index in [9.17, 15) is 5.26 Å². The Kier molecular flexibility index (Phi) is 7.37. The molecule has 4 saturated carbocycles. The molecule has 5 aliphatic carbocycles. The zero-order valence-electron chi connectivity index (χ0n) is 31.2. The Morgan fingerprint density at radius 3 is 1.60 bits per heavy atom. The number of aryl methyl sites for hydroxylation is 1. The highest BCUT2D eigenvalue weighted by Gasteiger charge is 2.62. The predicted octanol–water partition coefficient (Wildman–Crippen LogP) is 13.3. The lowest BCUT2D eigenvalue weighted by Gasteiger charge is -2.61. The van der Waals surface area contributed by atoms with Crippen LogP contribution in [-0.4, -0.2) is 4.98 Å². The van der Waals surface area contributed by atoms with Crippen molar-refractivity contribution in [2.45, 2.75) is 44.4 Å². The summed E-state index contributed by atoms with van der Waals surface area (Å²) in [6.45, 7) is 2.25. The summed E-state index contributed by atoms with van der Waals surface area (Å²) in [6.07, 6.45) is 6.84. The zero-order chi connectivity index (χ0) is 36.7. The summed E-state index contributed by atoms with van der Waals surface area (Å²) in [5, 5.41) is 9.60. The lowest BCUT2D eigenvalue weighted by Crippen LogP contribution is -2.55. The van der Waals surface area contributed by atoms with Gasteiger partial charge in [0, 0.05) is 16.5 Å². The number of hydrogen-bond donors (Lipinski definition) is 0. The van der Waals surface area contributed by atoms with Gasteiger partial charge in [-0.05, 0) is 154 Å². The minimum Gasteiger partial charge on any atom is -0.248 e. The molecule has 0 saturated heterocycles. The number of aromatic nitrogens is 1. The first-order valence-corrected chi connectivity index (χ1v) is 20.1. The second-order valence-corrected chi connectivity index (χ2v) is 16.8. The van der Waals surface area contributed by atoms with Crippen LogP contribution in [0.1, 0.15) is 54.4 Å². The number of nitriles is 1. The standard InChI is InChI=1S/C53H42N2/c1-33-22-46(39-14-12-34(32-54)13-15-39)52-48(23-33)47-29-42(20-21-49(47)53(52)44-25-35-24-36(27-44)28-45(53)26-35)37-16-18-38(19-17-37)43-30-50(40-8-4-2-5-9-40)55-51(31-43)41-10-6-3-7-11-41/h2-23,29-31,35-36,44-45H,24-28H2,1H3. The highest BCUT2D eigenvalue weighted by molar-refractivity contribution is 5.92. The molecular weight excluding hydrogens is 665 g/mol. The van der Waals surface area contributed by atoms with Gasteiger partial charge in [0.25, 0.3) is 0 Å². The number of benzene rings is 6. The average molecular weight is 707 g/mol. The van der Waals surface area contributed by atoms with Crippen molar-refractivity contribution in [2.75, 3.05) is 0 Å². The molecule has 5 aliphatic rings. The maximum Gasteiger partial charge on any atom is 0.0991 e. The summed E-state index contributed by atoms with van der Waals surface area (Å²) in [4.78, 5) is 5.11. The third kappa shape index (κ3) is 5.10. The maximum absolute atomic E-state index is 9.60. The fourth-order valence-electron chi connectivity index (χ4n) is 11.7. The Balaban J connectivity index is 1.03. The van der Waals surface area contributed by atoms with Crippen LogP contribution in [-0.2, 0) is 5.41 Å². The van der Waals surface area contributed by atoms with Crippen molar-refractivity contribution < 1.29 is 0 Å². The fourth-order valence-corrected chi connectivity index (χ4v) is 11.7. The van der Waals surface area contributed by atoms with Gasteiger partial charge in [-0.15, -0.1) is 0 Å². The van der Waals surface area contributed by atoms with Crippen LogP contribution in [0.4, 0.5) is 0 Å². The third-order valence-electron chi connectivity index (χ3n) is 13.7. The number of pyridine rings is 1. The van der Waals surface area contributed by atoms with Gasteiger partial charge in [-0.2, -0.15) is 5.26 Å². The Hall–Kier alpha value is -6.04. The summed E-state index contributed by atoms with van der Waals surface area (Å²) < 4.78 is 0. The number of hydrogen-bond acceptors (Lipinski definition) is 2. The molecule has 0 amide bonds. The van der Waals surface area contributed by atoms with Crippen molar-refractivity contribution in [3.63, 3.8) is 0 Å². The summed E-state index contributed by atoms with van der Waals surface area (Å²) in [5.41, 5.74) is 19.7. The first-order chi connectivity index (χ1) is 27.0. The minimum absolute atomic E-state index is 0.0473. The summed E-state index contributed by atoms with van der Waals surface area (Å²) in [5.74, 6) is 3.12. The lowest BCUT2D eigenvalue weighted by atomic mass is 9.42. The van der Waals surface area contributed by atoms with Gasteiger partial charge in [0.05, 0.1) is 23.0 Å². The Morgan fingerprint density at radius 2 is 1.02 bits per heavy atom. The zero-order valence-corrected chi connectivity index (χ0v) is 31.2. The van der Waals surface area contributed by atoms with Gasteiger partial charge in [-0.3, -0.25) is 0 Å². The molecule has 264 valence electrons. The van der Waals surface area contributed by atoms with Gasteiger partial charge >= 0.3 is 0 Å². The first kappa shape index (κ1) is 32.4. The largest absolute Gasteiger partial charge is 0.248 e. The summed E-state index contributed by atoms with van der Waals surface area (Å²) in [6, 6.07) is 57.6. The van der Waals surface area contributed by atoms with E-state index in [0.29, 0.717) is 17.4 Å². The molecule has 2 nitrogen and oxygen atoms in total. The minimum atomic E-state index is 0.0473. The van der Waals surface area contributed by atoms with Gasteiger partial charge in [0.2, 0.25) is 0 Å². The van der Waals surface area contributed by atoms with Gasteiger partial charge < -0.3 is 0 Å². The molecule has 0 unspecified atom stereocenters. The predicted molar refractivity (Wildman–Crippen MR) is 224 cm³/mol. The first-order valence-electron chi connectivity index (χ1n) is 20.1. The summed E-state index contributed by atoms with van der Waals surface area (Å²) >= 11 is 0. The Morgan fingerprint density at radius 1 is 0.491 bits per heavy atom. The molecule has 1 aromatic heterocycles. The topological polar surface area (TPSA) is 36.7 Å². The van der Waals surface area contributed by atoms with Crippen molar-refractivity contribution in [3.8, 4) is 73.1 Å². The third-order valence-corrected chi connectivity index (χ3v) is 13.7. The van der Waals surface area contributed by atoms with Gasteiger partial charge in [0.15, 0.2) is 0 Å². The Bertz CT molecular complexity index is 2560. The molecule has 4 bridgehead atoms. The number of nitrogens with zero attached hydrogens (tertiary/aromatic N) is 2. The van der Waals surface area contributed by atoms with Crippen LogP contribution in [0.25, 0.3) is 67.0 Å². The van der Waals surface area contributed by atoms with Crippen molar-refractivity contribution in [2.24, 2.45) is 23.7 Å². The Labute approximate surface area is 324 Å². The maximum atomic E-state index is 9.60. The fraction of sp³-hybridized carbons (Fsp3) is 0.208. The van der Waals surface area contributed by atoms with Crippen LogP contribution in [0.2, 0.25) is 0 Å². The number of rotatable bonds is 5. The normalized spacial score (nSPS) is 22.7. The molecule has 1 spiro atoms. The quantitative estimate of drug-likeness (QED) is 0.179. The molecule has 1 heterocycles. The smallest absolute Gasteiger partial charge is 0.0991 e. The van der Waals surface area contributed by atoms with E-state index >= 15 is 0 Å². The van der Waals surface area contributed by atoms with Crippen LogP contribution < -0.4 is 0 Å². The van der Waals surface area contributed by atoms with E-state index in [-0.39, 0.29) is 5.41 Å².